The third-order valence-electron chi connectivity index (χ3n) is 4.79. The maximum absolute atomic E-state index is 13.9. The third-order valence-corrected chi connectivity index (χ3v) is 4.79. The van der Waals surface area contributed by atoms with Gasteiger partial charge in [-0.15, -0.1) is 0 Å². The van der Waals surface area contributed by atoms with Gasteiger partial charge in [0.2, 0.25) is 0 Å². The molecular weight excluding hydrogens is 227 g/mol. The number of hydrogen-bond acceptors (Lipinski definition) is 1. The summed E-state index contributed by atoms with van der Waals surface area (Å²) in [5.74, 6) is 0.980. The zero-order chi connectivity index (χ0) is 14.0. The molecule has 1 aliphatic carbocycles. The average molecular weight is 256 g/mol. The number of carbonyl (C=O) groups excluding carboxylic acids is 1. The highest BCUT2D eigenvalue weighted by molar-refractivity contribution is 5.86. The number of carbonyl (C=O) groups is 1. The van der Waals surface area contributed by atoms with Crippen molar-refractivity contribution in [3.8, 4) is 0 Å². The van der Waals surface area contributed by atoms with E-state index < -0.39 is 5.67 Å². The van der Waals surface area contributed by atoms with Gasteiger partial charge in [0.05, 0.1) is 0 Å². The maximum atomic E-state index is 13.9. The highest BCUT2D eigenvalue weighted by Crippen LogP contribution is 2.41. The molecule has 0 aliphatic heterocycles. The molecule has 1 fully saturated rings. The van der Waals surface area contributed by atoms with Crippen molar-refractivity contribution >= 4 is 5.78 Å². The summed E-state index contributed by atoms with van der Waals surface area (Å²) >= 11 is 0. The molecule has 0 saturated heterocycles. The van der Waals surface area contributed by atoms with E-state index in [1.807, 2.05) is 0 Å². The molecule has 0 aromatic heterocycles. The van der Waals surface area contributed by atoms with Crippen LogP contribution in [0.5, 0.6) is 0 Å². The van der Waals surface area contributed by atoms with Crippen LogP contribution in [0.1, 0.15) is 73.1 Å². The predicted octanol–water partition coefficient (Wildman–Crippen LogP) is 4.94. The van der Waals surface area contributed by atoms with Crippen LogP contribution in [0.4, 0.5) is 4.39 Å². The Bertz CT molecular complexity index is 280. The minimum atomic E-state index is -1.61. The van der Waals surface area contributed by atoms with Crippen LogP contribution in [0.2, 0.25) is 0 Å². The van der Waals surface area contributed by atoms with Crippen LogP contribution in [-0.4, -0.2) is 11.5 Å². The molecule has 1 rings (SSSR count). The van der Waals surface area contributed by atoms with Crippen LogP contribution in [0.3, 0.4) is 0 Å². The van der Waals surface area contributed by atoms with E-state index in [1.54, 1.807) is 6.92 Å². The molecule has 0 heterocycles. The maximum Gasteiger partial charge on any atom is 0.169 e. The molecule has 1 unspecified atom stereocenters. The van der Waals surface area contributed by atoms with Crippen molar-refractivity contribution in [2.24, 2.45) is 17.3 Å². The van der Waals surface area contributed by atoms with Gasteiger partial charge in [-0.1, -0.05) is 27.7 Å². The van der Waals surface area contributed by atoms with Crippen molar-refractivity contribution in [3.05, 3.63) is 0 Å². The Morgan fingerprint density at radius 3 is 2.00 bits per heavy atom. The second-order valence-corrected chi connectivity index (χ2v) is 7.26. The van der Waals surface area contributed by atoms with Gasteiger partial charge in [0.25, 0.3) is 0 Å². The summed E-state index contributed by atoms with van der Waals surface area (Å²) in [6.45, 7) is 10.0. The molecule has 2 heteroatoms. The van der Waals surface area contributed by atoms with E-state index in [-0.39, 0.29) is 5.78 Å². The fourth-order valence-corrected chi connectivity index (χ4v) is 2.90. The molecule has 18 heavy (non-hydrogen) atoms. The van der Waals surface area contributed by atoms with Crippen LogP contribution in [0.25, 0.3) is 0 Å². The molecule has 0 aromatic rings. The first-order valence-corrected chi connectivity index (χ1v) is 7.39. The van der Waals surface area contributed by atoms with Crippen LogP contribution < -0.4 is 0 Å². The summed E-state index contributed by atoms with van der Waals surface area (Å²) in [4.78, 5) is 11.9. The first-order valence-electron chi connectivity index (χ1n) is 7.39. The normalized spacial score (nSPS) is 28.8. The van der Waals surface area contributed by atoms with E-state index in [0.717, 1.165) is 18.8 Å². The van der Waals surface area contributed by atoms with Crippen molar-refractivity contribution in [1.82, 2.24) is 0 Å². The van der Waals surface area contributed by atoms with Crippen molar-refractivity contribution in [3.63, 3.8) is 0 Å². The molecule has 1 nitrogen and oxygen atoms in total. The second-order valence-electron chi connectivity index (χ2n) is 7.26. The lowest BCUT2D eigenvalue weighted by Gasteiger charge is -2.37. The van der Waals surface area contributed by atoms with Crippen molar-refractivity contribution in [2.75, 3.05) is 0 Å². The van der Waals surface area contributed by atoms with Crippen LogP contribution >= 0.6 is 0 Å². The zero-order valence-electron chi connectivity index (χ0n) is 12.7. The Kier molecular flexibility index (Phi) is 4.97. The Morgan fingerprint density at radius 1 is 1.11 bits per heavy atom. The van der Waals surface area contributed by atoms with Gasteiger partial charge in [-0.25, -0.2) is 4.39 Å². The number of hydrogen-bond donors (Lipinski definition) is 0. The molecule has 0 N–H and O–H groups in total. The molecule has 0 bridgehead atoms. The van der Waals surface area contributed by atoms with Crippen molar-refractivity contribution < 1.29 is 9.18 Å². The minimum Gasteiger partial charge on any atom is -0.296 e. The SMILES string of the molecule is CCC(C)(F)C(=O)CC1CCC(C(C)(C)C)CC1. The van der Waals surface area contributed by atoms with E-state index in [0.29, 0.717) is 24.2 Å². The van der Waals surface area contributed by atoms with Gasteiger partial charge >= 0.3 is 0 Å². The predicted molar refractivity (Wildman–Crippen MR) is 74.3 cm³/mol. The summed E-state index contributed by atoms with van der Waals surface area (Å²) in [5, 5.41) is 0. The first kappa shape index (κ1) is 15.7. The standard InChI is InChI=1S/C16H29FO/c1-6-16(5,17)14(18)11-12-7-9-13(10-8-12)15(2,3)4/h12-13H,6-11H2,1-5H3. The van der Waals surface area contributed by atoms with Gasteiger partial charge in [0, 0.05) is 6.42 Å². The summed E-state index contributed by atoms with van der Waals surface area (Å²) in [5.41, 5.74) is -1.24. The van der Waals surface area contributed by atoms with Crippen LogP contribution in [-0.2, 0) is 4.79 Å². The summed E-state index contributed by atoms with van der Waals surface area (Å²) in [6, 6.07) is 0. The third kappa shape index (κ3) is 4.07. The quantitative estimate of drug-likeness (QED) is 0.696. The monoisotopic (exact) mass is 256 g/mol. The Morgan fingerprint density at radius 2 is 1.61 bits per heavy atom. The lowest BCUT2D eigenvalue weighted by Crippen LogP contribution is -2.33. The molecular formula is C16H29FO. The van der Waals surface area contributed by atoms with E-state index in [2.05, 4.69) is 20.8 Å². The summed E-state index contributed by atoms with van der Waals surface area (Å²) in [6.07, 6.45) is 5.30. The Labute approximate surface area is 112 Å². The highest BCUT2D eigenvalue weighted by atomic mass is 19.1. The molecule has 1 aliphatic rings. The fourth-order valence-electron chi connectivity index (χ4n) is 2.90. The lowest BCUT2D eigenvalue weighted by atomic mass is 9.69. The number of rotatable bonds is 4. The number of halogens is 1. The van der Waals surface area contributed by atoms with Crippen LogP contribution in [0.15, 0.2) is 0 Å². The molecule has 0 aromatic carbocycles. The molecule has 1 atom stereocenters. The van der Waals surface area contributed by atoms with E-state index >= 15 is 0 Å². The van der Waals surface area contributed by atoms with E-state index in [4.69, 9.17) is 0 Å². The smallest absolute Gasteiger partial charge is 0.169 e. The average Bonchev–Trinajstić information content (AvgIpc) is 2.28. The van der Waals surface area contributed by atoms with Gasteiger partial charge in [0.1, 0.15) is 0 Å². The summed E-state index contributed by atoms with van der Waals surface area (Å²) in [7, 11) is 0. The molecule has 0 spiro atoms. The van der Waals surface area contributed by atoms with Crippen LogP contribution in [0, 0.1) is 17.3 Å². The second kappa shape index (κ2) is 5.71. The largest absolute Gasteiger partial charge is 0.296 e. The molecule has 1 saturated carbocycles. The Balaban J connectivity index is 2.43. The first-order chi connectivity index (χ1) is 8.16. The van der Waals surface area contributed by atoms with Gasteiger partial charge in [0.15, 0.2) is 11.5 Å². The van der Waals surface area contributed by atoms with Gasteiger partial charge in [-0.05, 0) is 56.3 Å². The van der Waals surface area contributed by atoms with Gasteiger partial charge < -0.3 is 0 Å². The number of Topliss-reactive ketones (excluding diaryl/α,β-unsaturated/α-hetero) is 1. The topological polar surface area (TPSA) is 17.1 Å². The van der Waals surface area contributed by atoms with E-state index in [1.165, 1.54) is 19.8 Å². The minimum absolute atomic E-state index is 0.191. The molecule has 0 radical (unpaired) electrons. The van der Waals surface area contributed by atoms with Crippen molar-refractivity contribution in [1.29, 1.82) is 0 Å². The zero-order valence-corrected chi connectivity index (χ0v) is 12.7. The summed E-state index contributed by atoms with van der Waals surface area (Å²) < 4.78 is 13.9. The van der Waals surface area contributed by atoms with Gasteiger partial charge in [-0.3, -0.25) is 4.79 Å². The highest BCUT2D eigenvalue weighted by Gasteiger charge is 2.35. The Hall–Kier alpha value is -0.400. The lowest BCUT2D eigenvalue weighted by molar-refractivity contribution is -0.131. The molecule has 0 amide bonds. The number of ketones is 1. The van der Waals surface area contributed by atoms with Gasteiger partial charge in [-0.2, -0.15) is 0 Å². The van der Waals surface area contributed by atoms with E-state index in [9.17, 15) is 9.18 Å². The van der Waals surface area contributed by atoms with Crippen molar-refractivity contribution in [2.45, 2.75) is 78.8 Å². The fraction of sp³-hybridized carbons (Fsp3) is 0.938. The molecule has 106 valence electrons. The number of alkyl halides is 1.